The lowest BCUT2D eigenvalue weighted by Crippen LogP contribution is -2.46. The minimum atomic E-state index is -0.862. The SMILES string of the molecule is O=C(Nc1cccc(CNC(=O)N2CCCC(C(=O)O)C2)c1)c1ccccc1. The molecule has 0 spiro atoms. The van der Waals surface area contributed by atoms with Gasteiger partial charge in [0.15, 0.2) is 0 Å². The summed E-state index contributed by atoms with van der Waals surface area (Å²) in [4.78, 5) is 37.3. The van der Waals surface area contributed by atoms with Gasteiger partial charge in [0, 0.05) is 30.9 Å². The predicted octanol–water partition coefficient (Wildman–Crippen LogP) is 2.95. The van der Waals surface area contributed by atoms with Crippen LogP contribution in [0.5, 0.6) is 0 Å². The highest BCUT2D eigenvalue weighted by Gasteiger charge is 2.27. The second kappa shape index (κ2) is 9.03. The van der Waals surface area contributed by atoms with Crippen LogP contribution in [0.1, 0.15) is 28.8 Å². The third kappa shape index (κ3) is 5.09. The number of carboxylic acids is 1. The average Bonchev–Trinajstić information content (AvgIpc) is 2.73. The number of rotatable bonds is 5. The van der Waals surface area contributed by atoms with E-state index in [1.54, 1.807) is 41.3 Å². The van der Waals surface area contributed by atoms with Crippen LogP contribution >= 0.6 is 0 Å². The van der Waals surface area contributed by atoms with Crippen molar-refractivity contribution in [3.63, 3.8) is 0 Å². The zero-order chi connectivity index (χ0) is 19.9. The Kier molecular flexibility index (Phi) is 6.26. The third-order valence-electron chi connectivity index (χ3n) is 4.72. The van der Waals surface area contributed by atoms with E-state index in [0.717, 1.165) is 5.56 Å². The second-order valence-corrected chi connectivity index (χ2v) is 6.80. The number of nitrogens with zero attached hydrogens (tertiary/aromatic N) is 1. The molecule has 2 aromatic carbocycles. The minimum absolute atomic E-state index is 0.199. The number of amides is 3. The maximum atomic E-state index is 12.3. The van der Waals surface area contributed by atoms with E-state index in [2.05, 4.69) is 10.6 Å². The van der Waals surface area contributed by atoms with Crippen molar-refractivity contribution in [1.29, 1.82) is 0 Å². The summed E-state index contributed by atoms with van der Waals surface area (Å²) < 4.78 is 0. The summed E-state index contributed by atoms with van der Waals surface area (Å²) in [5.74, 6) is -1.56. The van der Waals surface area contributed by atoms with E-state index in [1.165, 1.54) is 0 Å². The van der Waals surface area contributed by atoms with E-state index >= 15 is 0 Å². The van der Waals surface area contributed by atoms with Crippen molar-refractivity contribution >= 4 is 23.6 Å². The first-order valence-corrected chi connectivity index (χ1v) is 9.24. The molecular weight excluding hydrogens is 358 g/mol. The molecule has 3 rings (SSSR count). The van der Waals surface area contributed by atoms with Crippen molar-refractivity contribution in [2.24, 2.45) is 5.92 Å². The van der Waals surface area contributed by atoms with E-state index < -0.39 is 11.9 Å². The first kappa shape index (κ1) is 19.4. The number of carbonyl (C=O) groups excluding carboxylic acids is 2. The van der Waals surface area contributed by atoms with Gasteiger partial charge in [0.2, 0.25) is 0 Å². The lowest BCUT2D eigenvalue weighted by molar-refractivity contribution is -0.143. The van der Waals surface area contributed by atoms with Gasteiger partial charge in [-0.3, -0.25) is 9.59 Å². The average molecular weight is 381 g/mol. The summed E-state index contributed by atoms with van der Waals surface area (Å²) >= 11 is 0. The van der Waals surface area contributed by atoms with E-state index in [-0.39, 0.29) is 18.5 Å². The number of carboxylic acid groups (broad SMARTS) is 1. The quantitative estimate of drug-likeness (QED) is 0.741. The summed E-state index contributed by atoms with van der Waals surface area (Å²) in [7, 11) is 0. The largest absolute Gasteiger partial charge is 0.481 e. The Morgan fingerprint density at radius 3 is 2.61 bits per heavy atom. The van der Waals surface area contributed by atoms with Crippen molar-refractivity contribution in [3.8, 4) is 0 Å². The standard InChI is InChI=1S/C21H23N3O4/c25-19(16-7-2-1-3-8-16)23-18-10-4-6-15(12-18)13-22-21(28)24-11-5-9-17(14-24)20(26)27/h1-4,6-8,10,12,17H,5,9,11,13-14H2,(H,22,28)(H,23,25)(H,26,27). The molecule has 0 aromatic heterocycles. The Hall–Kier alpha value is -3.35. The number of hydrogen-bond acceptors (Lipinski definition) is 3. The smallest absolute Gasteiger partial charge is 0.317 e. The number of benzene rings is 2. The number of aliphatic carboxylic acids is 1. The predicted molar refractivity (Wildman–Crippen MR) is 105 cm³/mol. The van der Waals surface area contributed by atoms with Crippen LogP contribution in [0.15, 0.2) is 54.6 Å². The van der Waals surface area contributed by atoms with Crippen molar-refractivity contribution in [2.75, 3.05) is 18.4 Å². The highest BCUT2D eigenvalue weighted by molar-refractivity contribution is 6.04. The molecule has 1 atom stereocenters. The molecule has 0 saturated carbocycles. The van der Waals surface area contributed by atoms with Crippen LogP contribution in [0.2, 0.25) is 0 Å². The van der Waals surface area contributed by atoms with Crippen LogP contribution in [-0.2, 0) is 11.3 Å². The zero-order valence-corrected chi connectivity index (χ0v) is 15.4. The third-order valence-corrected chi connectivity index (χ3v) is 4.72. The van der Waals surface area contributed by atoms with Crippen molar-refractivity contribution < 1.29 is 19.5 Å². The second-order valence-electron chi connectivity index (χ2n) is 6.80. The molecule has 3 N–H and O–H groups in total. The molecule has 0 aliphatic carbocycles. The van der Waals surface area contributed by atoms with Gasteiger partial charge in [0.05, 0.1) is 5.92 Å². The van der Waals surface area contributed by atoms with Crippen LogP contribution < -0.4 is 10.6 Å². The molecule has 7 nitrogen and oxygen atoms in total. The lowest BCUT2D eigenvalue weighted by atomic mass is 9.99. The Morgan fingerprint density at radius 1 is 1.07 bits per heavy atom. The molecule has 1 saturated heterocycles. The molecule has 28 heavy (non-hydrogen) atoms. The molecular formula is C21H23N3O4. The first-order chi connectivity index (χ1) is 13.5. The minimum Gasteiger partial charge on any atom is -0.481 e. The zero-order valence-electron chi connectivity index (χ0n) is 15.4. The maximum Gasteiger partial charge on any atom is 0.317 e. The molecule has 0 bridgehead atoms. The Morgan fingerprint density at radius 2 is 1.86 bits per heavy atom. The van der Waals surface area contributed by atoms with Gasteiger partial charge in [-0.1, -0.05) is 30.3 Å². The van der Waals surface area contributed by atoms with Gasteiger partial charge in [-0.2, -0.15) is 0 Å². The monoisotopic (exact) mass is 381 g/mol. The molecule has 1 aliphatic heterocycles. The summed E-state index contributed by atoms with van der Waals surface area (Å²) in [6, 6.07) is 15.9. The molecule has 2 aromatic rings. The van der Waals surface area contributed by atoms with Crippen LogP contribution in [-0.4, -0.2) is 41.0 Å². The summed E-state index contributed by atoms with van der Waals surface area (Å²) in [5, 5.41) is 14.8. The maximum absolute atomic E-state index is 12.3. The Bertz CT molecular complexity index is 854. The molecule has 0 radical (unpaired) electrons. The number of piperidine rings is 1. The first-order valence-electron chi connectivity index (χ1n) is 9.24. The van der Waals surface area contributed by atoms with Gasteiger partial charge in [-0.15, -0.1) is 0 Å². The number of carbonyl (C=O) groups is 3. The Balaban J connectivity index is 1.55. The van der Waals surface area contributed by atoms with E-state index in [4.69, 9.17) is 5.11 Å². The van der Waals surface area contributed by atoms with E-state index in [1.807, 2.05) is 18.2 Å². The molecule has 1 fully saturated rings. The molecule has 7 heteroatoms. The van der Waals surface area contributed by atoms with E-state index in [0.29, 0.717) is 37.2 Å². The fraction of sp³-hybridized carbons (Fsp3) is 0.286. The molecule has 1 unspecified atom stereocenters. The van der Waals surface area contributed by atoms with Gasteiger partial charge in [0.25, 0.3) is 5.91 Å². The fourth-order valence-corrected chi connectivity index (χ4v) is 3.20. The van der Waals surface area contributed by atoms with Gasteiger partial charge in [-0.05, 0) is 42.7 Å². The number of hydrogen-bond donors (Lipinski definition) is 3. The normalized spacial score (nSPS) is 16.3. The van der Waals surface area contributed by atoms with Gasteiger partial charge < -0.3 is 20.6 Å². The summed E-state index contributed by atoms with van der Waals surface area (Å²) in [5.41, 5.74) is 2.05. The van der Waals surface area contributed by atoms with E-state index in [9.17, 15) is 14.4 Å². The summed E-state index contributed by atoms with van der Waals surface area (Å²) in [6.07, 6.45) is 1.29. The highest BCUT2D eigenvalue weighted by atomic mass is 16.4. The van der Waals surface area contributed by atoms with Crippen LogP contribution in [0.25, 0.3) is 0 Å². The fourth-order valence-electron chi connectivity index (χ4n) is 3.20. The van der Waals surface area contributed by atoms with Gasteiger partial charge in [-0.25, -0.2) is 4.79 Å². The van der Waals surface area contributed by atoms with Gasteiger partial charge in [0.1, 0.15) is 0 Å². The van der Waals surface area contributed by atoms with Crippen molar-refractivity contribution in [2.45, 2.75) is 19.4 Å². The molecule has 146 valence electrons. The van der Waals surface area contributed by atoms with Crippen LogP contribution in [0.4, 0.5) is 10.5 Å². The highest BCUT2D eigenvalue weighted by Crippen LogP contribution is 2.17. The molecule has 1 heterocycles. The summed E-state index contributed by atoms with van der Waals surface area (Å²) in [6.45, 7) is 1.08. The molecule has 3 amide bonds. The number of anilines is 1. The topological polar surface area (TPSA) is 98.7 Å². The van der Waals surface area contributed by atoms with Crippen molar-refractivity contribution in [3.05, 3.63) is 65.7 Å². The Labute approximate surface area is 163 Å². The number of likely N-dealkylation sites (tertiary alicyclic amines) is 1. The lowest BCUT2D eigenvalue weighted by Gasteiger charge is -2.30. The van der Waals surface area contributed by atoms with Gasteiger partial charge >= 0.3 is 12.0 Å². The number of nitrogens with one attached hydrogen (secondary N) is 2. The molecule has 1 aliphatic rings. The number of urea groups is 1. The van der Waals surface area contributed by atoms with Crippen LogP contribution in [0.3, 0.4) is 0 Å². The van der Waals surface area contributed by atoms with Crippen molar-refractivity contribution in [1.82, 2.24) is 10.2 Å². The van der Waals surface area contributed by atoms with Crippen LogP contribution in [0, 0.1) is 5.92 Å².